The number of piperidine rings is 1. The number of benzene rings is 2. The van der Waals surface area contributed by atoms with Gasteiger partial charge >= 0.3 is 0 Å². The predicted molar refractivity (Wildman–Crippen MR) is 123 cm³/mol. The van der Waals surface area contributed by atoms with Crippen molar-refractivity contribution >= 4 is 22.5 Å². The van der Waals surface area contributed by atoms with Gasteiger partial charge in [-0.25, -0.2) is 4.98 Å². The summed E-state index contributed by atoms with van der Waals surface area (Å²) in [6.07, 6.45) is 4.86. The second kappa shape index (κ2) is 8.78. The first-order valence-corrected chi connectivity index (χ1v) is 11.0. The maximum absolute atomic E-state index is 13.6. The Bertz CT molecular complexity index is 1250. The van der Waals surface area contributed by atoms with Crippen LogP contribution in [0.5, 0.6) is 0 Å². The molecule has 1 aliphatic heterocycles. The zero-order valence-corrected chi connectivity index (χ0v) is 18.0. The molecule has 1 saturated heterocycles. The number of likely N-dealkylation sites (tertiary alicyclic amines) is 1. The third kappa shape index (κ3) is 3.93. The number of pyridine rings is 1. The topological polar surface area (TPSA) is 84.2 Å². The third-order valence-corrected chi connectivity index (χ3v) is 5.98. The normalized spacial score (nSPS) is 16.3. The molecule has 0 aliphatic carbocycles. The van der Waals surface area contributed by atoms with Gasteiger partial charge in [-0.05, 0) is 49.8 Å². The van der Waals surface area contributed by atoms with Gasteiger partial charge in [-0.3, -0.25) is 4.79 Å². The van der Waals surface area contributed by atoms with Crippen LogP contribution in [-0.2, 0) is 0 Å². The van der Waals surface area contributed by atoms with E-state index in [2.05, 4.69) is 32.6 Å². The highest BCUT2D eigenvalue weighted by Gasteiger charge is 2.29. The molecule has 2 aromatic carbocycles. The molecule has 0 spiro atoms. The first kappa shape index (κ1) is 20.2. The van der Waals surface area contributed by atoms with Crippen molar-refractivity contribution in [3.05, 3.63) is 72.2 Å². The largest absolute Gasteiger partial charge is 0.367 e. The average Bonchev–Trinajstić information content (AvgIpc) is 3.28. The quantitative estimate of drug-likeness (QED) is 0.497. The van der Waals surface area contributed by atoms with Crippen molar-refractivity contribution in [1.29, 1.82) is 0 Å². The number of carbonyl (C=O) groups is 1. The van der Waals surface area contributed by atoms with E-state index in [4.69, 9.17) is 4.52 Å². The van der Waals surface area contributed by atoms with Crippen LogP contribution in [0.2, 0.25) is 0 Å². The summed E-state index contributed by atoms with van der Waals surface area (Å²) in [5, 5.41) is 9.61. The number of fused-ring (bicyclic) bond motifs is 1. The van der Waals surface area contributed by atoms with Crippen LogP contribution in [-0.4, -0.2) is 45.1 Å². The Kier molecular flexibility index (Phi) is 5.54. The van der Waals surface area contributed by atoms with Gasteiger partial charge in [-0.1, -0.05) is 41.6 Å². The number of anilines is 1. The number of nitrogens with one attached hydrogen (secondary N) is 1. The fraction of sp³-hybridized carbons (Fsp3) is 0.280. The molecule has 7 nitrogen and oxygen atoms in total. The van der Waals surface area contributed by atoms with Crippen molar-refractivity contribution in [3.63, 3.8) is 0 Å². The molecular formula is C25H25N5O2. The standard InChI is InChI=1S/C25H25N5O2/c1-17-28-24(32-29-17)21-11-4-5-12-22(21)25(31)30-15-7-6-9-19(30)16-27-23-20-10-3-2-8-18(20)13-14-26-23/h2-5,8,10-14,19H,6-7,9,15-16H2,1H3,(H,26,27). The predicted octanol–water partition coefficient (Wildman–Crippen LogP) is 4.70. The highest BCUT2D eigenvalue weighted by atomic mass is 16.5. The van der Waals surface area contributed by atoms with Crippen LogP contribution in [0.25, 0.3) is 22.2 Å². The Balaban J connectivity index is 1.39. The van der Waals surface area contributed by atoms with Gasteiger partial charge in [0.15, 0.2) is 5.82 Å². The molecule has 4 aromatic rings. The number of amides is 1. The van der Waals surface area contributed by atoms with Gasteiger partial charge in [0.25, 0.3) is 11.8 Å². The number of hydrogen-bond donors (Lipinski definition) is 1. The molecule has 1 fully saturated rings. The van der Waals surface area contributed by atoms with Crippen molar-refractivity contribution in [3.8, 4) is 11.5 Å². The van der Waals surface area contributed by atoms with Gasteiger partial charge in [-0.15, -0.1) is 0 Å². The van der Waals surface area contributed by atoms with E-state index in [-0.39, 0.29) is 11.9 Å². The van der Waals surface area contributed by atoms with Crippen LogP contribution in [0.15, 0.2) is 65.3 Å². The van der Waals surface area contributed by atoms with Crippen LogP contribution in [0.1, 0.15) is 35.4 Å². The second-order valence-corrected chi connectivity index (χ2v) is 8.10. The number of nitrogens with zero attached hydrogens (tertiary/aromatic N) is 4. The Labute approximate surface area is 186 Å². The van der Waals surface area contributed by atoms with E-state index in [0.29, 0.717) is 29.4 Å². The molecule has 5 rings (SSSR count). The average molecular weight is 428 g/mol. The van der Waals surface area contributed by atoms with Gasteiger partial charge in [0.2, 0.25) is 0 Å². The lowest BCUT2D eigenvalue weighted by Gasteiger charge is -2.36. The van der Waals surface area contributed by atoms with Gasteiger partial charge in [-0.2, -0.15) is 4.98 Å². The Morgan fingerprint density at radius 2 is 1.97 bits per heavy atom. The molecular weight excluding hydrogens is 402 g/mol. The van der Waals surface area contributed by atoms with Crippen molar-refractivity contribution < 1.29 is 9.32 Å². The fourth-order valence-electron chi connectivity index (χ4n) is 4.37. The minimum absolute atomic E-state index is 0.00571. The van der Waals surface area contributed by atoms with E-state index in [9.17, 15) is 4.79 Å². The van der Waals surface area contributed by atoms with Crippen LogP contribution in [0, 0.1) is 6.92 Å². The number of rotatable bonds is 5. The molecule has 0 bridgehead atoms. The monoisotopic (exact) mass is 427 g/mol. The summed E-state index contributed by atoms with van der Waals surface area (Å²) >= 11 is 0. The highest BCUT2D eigenvalue weighted by Crippen LogP contribution is 2.27. The zero-order chi connectivity index (χ0) is 21.9. The SMILES string of the molecule is Cc1noc(-c2ccccc2C(=O)N2CCCCC2CNc2nccc3ccccc23)n1. The molecule has 3 heterocycles. The highest BCUT2D eigenvalue weighted by molar-refractivity contribution is 6.00. The third-order valence-electron chi connectivity index (χ3n) is 5.98. The van der Waals surface area contributed by atoms with Crippen molar-refractivity contribution in [2.45, 2.75) is 32.2 Å². The minimum Gasteiger partial charge on any atom is -0.367 e. The van der Waals surface area contributed by atoms with E-state index in [1.54, 1.807) is 6.92 Å². The van der Waals surface area contributed by atoms with E-state index in [0.717, 1.165) is 42.4 Å². The maximum Gasteiger partial charge on any atom is 0.258 e. The summed E-state index contributed by atoms with van der Waals surface area (Å²) in [6, 6.07) is 17.7. The summed E-state index contributed by atoms with van der Waals surface area (Å²) in [4.78, 5) is 24.5. The number of aromatic nitrogens is 3. The van der Waals surface area contributed by atoms with Crippen molar-refractivity contribution in [2.24, 2.45) is 0 Å². The lowest BCUT2D eigenvalue weighted by atomic mass is 9.99. The number of aryl methyl sites for hydroxylation is 1. The molecule has 2 aromatic heterocycles. The van der Waals surface area contributed by atoms with E-state index >= 15 is 0 Å². The summed E-state index contributed by atoms with van der Waals surface area (Å²) in [6.45, 7) is 3.14. The fourth-order valence-corrected chi connectivity index (χ4v) is 4.37. The summed E-state index contributed by atoms with van der Waals surface area (Å²) < 4.78 is 5.35. The van der Waals surface area contributed by atoms with Crippen LogP contribution >= 0.6 is 0 Å². The van der Waals surface area contributed by atoms with E-state index in [1.807, 2.05) is 53.6 Å². The molecule has 0 saturated carbocycles. The van der Waals surface area contributed by atoms with Gasteiger partial charge in [0.05, 0.1) is 11.1 Å². The molecule has 162 valence electrons. The molecule has 1 amide bonds. The lowest BCUT2D eigenvalue weighted by Crippen LogP contribution is -2.47. The van der Waals surface area contributed by atoms with Gasteiger partial charge in [0.1, 0.15) is 5.82 Å². The molecule has 7 heteroatoms. The Morgan fingerprint density at radius 1 is 1.12 bits per heavy atom. The molecule has 1 N–H and O–H groups in total. The minimum atomic E-state index is -0.00571. The number of carbonyl (C=O) groups excluding carboxylic acids is 1. The first-order chi connectivity index (χ1) is 15.7. The molecule has 32 heavy (non-hydrogen) atoms. The van der Waals surface area contributed by atoms with E-state index < -0.39 is 0 Å². The Hall–Kier alpha value is -3.74. The van der Waals surface area contributed by atoms with Crippen LogP contribution < -0.4 is 5.32 Å². The molecule has 1 atom stereocenters. The molecule has 1 unspecified atom stereocenters. The summed E-state index contributed by atoms with van der Waals surface area (Å²) in [7, 11) is 0. The first-order valence-electron chi connectivity index (χ1n) is 11.0. The summed E-state index contributed by atoms with van der Waals surface area (Å²) in [5.41, 5.74) is 1.26. The smallest absolute Gasteiger partial charge is 0.258 e. The Morgan fingerprint density at radius 3 is 2.84 bits per heavy atom. The van der Waals surface area contributed by atoms with Crippen molar-refractivity contribution in [1.82, 2.24) is 20.0 Å². The second-order valence-electron chi connectivity index (χ2n) is 8.10. The van der Waals surface area contributed by atoms with Gasteiger partial charge < -0.3 is 14.7 Å². The van der Waals surface area contributed by atoms with Gasteiger partial charge in [0, 0.05) is 30.7 Å². The summed E-state index contributed by atoms with van der Waals surface area (Å²) in [5.74, 6) is 1.76. The van der Waals surface area contributed by atoms with E-state index in [1.165, 1.54) is 0 Å². The van der Waals surface area contributed by atoms with Crippen molar-refractivity contribution in [2.75, 3.05) is 18.4 Å². The molecule has 1 aliphatic rings. The van der Waals surface area contributed by atoms with Crippen LogP contribution in [0.3, 0.4) is 0 Å². The number of hydrogen-bond acceptors (Lipinski definition) is 6. The lowest BCUT2D eigenvalue weighted by molar-refractivity contribution is 0.0629. The van der Waals surface area contributed by atoms with Crippen LogP contribution in [0.4, 0.5) is 5.82 Å². The molecule has 0 radical (unpaired) electrons. The maximum atomic E-state index is 13.6. The zero-order valence-electron chi connectivity index (χ0n) is 18.0.